The molecule has 25 heavy (non-hydrogen) atoms. The van der Waals surface area contributed by atoms with Crippen molar-refractivity contribution < 1.29 is 9.59 Å². The maximum Gasteiger partial charge on any atom is 0.252 e. The molecule has 0 saturated carbocycles. The van der Waals surface area contributed by atoms with E-state index < -0.39 is 11.9 Å². The molecule has 0 bridgehead atoms. The van der Waals surface area contributed by atoms with Gasteiger partial charge in [-0.3, -0.25) is 9.59 Å². The summed E-state index contributed by atoms with van der Waals surface area (Å²) in [5.41, 5.74) is 7.14. The monoisotopic (exact) mass is 332 g/mol. The minimum absolute atomic E-state index is 0.284. The van der Waals surface area contributed by atoms with Crippen molar-refractivity contribution in [3.8, 4) is 0 Å². The summed E-state index contributed by atoms with van der Waals surface area (Å²) in [6, 6.07) is 22.3. The molecule has 3 rings (SSSR count). The first-order chi connectivity index (χ1) is 12.1. The Morgan fingerprint density at radius 2 is 1.56 bits per heavy atom. The van der Waals surface area contributed by atoms with Gasteiger partial charge in [0.2, 0.25) is 5.91 Å². The number of nitrogens with one attached hydrogen (secondary N) is 1. The number of amides is 2. The number of benzene rings is 3. The molecule has 0 fully saturated rings. The Labute approximate surface area is 146 Å². The lowest BCUT2D eigenvalue weighted by Gasteiger charge is -2.16. The minimum Gasteiger partial charge on any atom is -0.368 e. The molecule has 4 nitrogen and oxygen atoms in total. The highest BCUT2D eigenvalue weighted by molar-refractivity contribution is 6.08. The van der Waals surface area contributed by atoms with Crippen LogP contribution < -0.4 is 11.1 Å². The van der Waals surface area contributed by atoms with Gasteiger partial charge in [-0.1, -0.05) is 66.7 Å². The molecule has 0 radical (unpaired) electrons. The largest absolute Gasteiger partial charge is 0.368 e. The topological polar surface area (TPSA) is 72.2 Å². The Morgan fingerprint density at radius 3 is 2.32 bits per heavy atom. The van der Waals surface area contributed by atoms with E-state index in [1.54, 1.807) is 6.07 Å². The van der Waals surface area contributed by atoms with Crippen LogP contribution >= 0.6 is 0 Å². The average molecular weight is 332 g/mol. The molecule has 0 spiro atoms. The van der Waals surface area contributed by atoms with Gasteiger partial charge in [-0.25, -0.2) is 0 Å². The summed E-state index contributed by atoms with van der Waals surface area (Å²) in [6.07, 6.45) is 1.14. The predicted octanol–water partition coefficient (Wildman–Crippen LogP) is 3.06. The fraction of sp³-hybridized carbons (Fsp3) is 0.143. The number of hydrogen-bond acceptors (Lipinski definition) is 2. The Bertz CT molecular complexity index is 885. The lowest BCUT2D eigenvalue weighted by Crippen LogP contribution is -2.44. The molecule has 0 aliphatic carbocycles. The van der Waals surface area contributed by atoms with Crippen LogP contribution in [0.25, 0.3) is 10.8 Å². The van der Waals surface area contributed by atoms with Crippen molar-refractivity contribution in [2.45, 2.75) is 18.9 Å². The van der Waals surface area contributed by atoms with E-state index in [1.807, 2.05) is 66.7 Å². The number of carbonyl (C=O) groups is 2. The Morgan fingerprint density at radius 1 is 0.880 bits per heavy atom. The summed E-state index contributed by atoms with van der Waals surface area (Å²) in [6.45, 7) is 0. The lowest BCUT2D eigenvalue weighted by molar-refractivity contribution is -0.120. The highest BCUT2D eigenvalue weighted by atomic mass is 16.2. The van der Waals surface area contributed by atoms with E-state index in [1.165, 1.54) is 0 Å². The van der Waals surface area contributed by atoms with Crippen LogP contribution in [0.3, 0.4) is 0 Å². The highest BCUT2D eigenvalue weighted by Gasteiger charge is 2.19. The molecule has 126 valence electrons. The molecule has 4 heteroatoms. The van der Waals surface area contributed by atoms with E-state index in [0.29, 0.717) is 18.4 Å². The number of nitrogens with two attached hydrogens (primary N) is 1. The van der Waals surface area contributed by atoms with Crippen LogP contribution in [-0.4, -0.2) is 17.9 Å². The molecule has 3 aromatic rings. The van der Waals surface area contributed by atoms with Gasteiger partial charge in [-0.15, -0.1) is 0 Å². The van der Waals surface area contributed by atoms with E-state index in [-0.39, 0.29) is 5.91 Å². The number of hydrogen-bond donors (Lipinski definition) is 2. The van der Waals surface area contributed by atoms with Gasteiger partial charge in [-0.05, 0) is 35.2 Å². The Hall–Kier alpha value is -3.14. The SMILES string of the molecule is NC(=O)[C@H](CCc1ccccc1)NC(=O)c1cccc2ccccc12. The summed E-state index contributed by atoms with van der Waals surface area (Å²) in [4.78, 5) is 24.4. The summed E-state index contributed by atoms with van der Waals surface area (Å²) in [7, 11) is 0. The molecule has 0 unspecified atom stereocenters. The van der Waals surface area contributed by atoms with E-state index in [4.69, 9.17) is 5.73 Å². The standard InChI is InChI=1S/C21H20N2O2/c22-20(24)19(14-13-15-7-2-1-3-8-15)23-21(25)18-12-6-10-16-9-4-5-11-17(16)18/h1-12,19H,13-14H2,(H2,22,24)(H,23,25)/t19-/m0/s1. The molecule has 0 aliphatic heterocycles. The zero-order valence-electron chi connectivity index (χ0n) is 13.8. The van der Waals surface area contributed by atoms with Gasteiger partial charge < -0.3 is 11.1 Å². The summed E-state index contributed by atoms with van der Waals surface area (Å²) < 4.78 is 0. The van der Waals surface area contributed by atoms with Crippen molar-refractivity contribution >= 4 is 22.6 Å². The van der Waals surface area contributed by atoms with E-state index in [2.05, 4.69) is 5.32 Å². The first kappa shape index (κ1) is 16.7. The lowest BCUT2D eigenvalue weighted by atomic mass is 10.0. The third-order valence-electron chi connectivity index (χ3n) is 4.25. The van der Waals surface area contributed by atoms with Crippen LogP contribution in [0.1, 0.15) is 22.3 Å². The van der Waals surface area contributed by atoms with Crippen molar-refractivity contribution in [3.63, 3.8) is 0 Å². The molecule has 1 atom stereocenters. The third-order valence-corrected chi connectivity index (χ3v) is 4.25. The Balaban J connectivity index is 1.75. The molecule has 3 N–H and O–H groups in total. The van der Waals surface area contributed by atoms with Gasteiger partial charge in [0.1, 0.15) is 6.04 Å². The molecule has 0 aliphatic rings. The fourth-order valence-electron chi connectivity index (χ4n) is 2.90. The van der Waals surface area contributed by atoms with Gasteiger partial charge >= 0.3 is 0 Å². The zero-order chi connectivity index (χ0) is 17.6. The highest BCUT2D eigenvalue weighted by Crippen LogP contribution is 2.18. The van der Waals surface area contributed by atoms with Gasteiger partial charge in [-0.2, -0.15) is 0 Å². The maximum atomic E-state index is 12.7. The van der Waals surface area contributed by atoms with Gasteiger partial charge in [0.15, 0.2) is 0 Å². The number of aryl methyl sites for hydroxylation is 1. The van der Waals surface area contributed by atoms with E-state index in [9.17, 15) is 9.59 Å². The number of primary amides is 1. The van der Waals surface area contributed by atoms with Crippen LogP contribution in [0, 0.1) is 0 Å². The van der Waals surface area contributed by atoms with Gasteiger partial charge in [0.25, 0.3) is 5.91 Å². The molecule has 0 saturated heterocycles. The van der Waals surface area contributed by atoms with Crippen molar-refractivity contribution in [3.05, 3.63) is 83.9 Å². The smallest absolute Gasteiger partial charge is 0.252 e. The molecule has 2 amide bonds. The predicted molar refractivity (Wildman–Crippen MR) is 99.2 cm³/mol. The number of rotatable bonds is 6. The van der Waals surface area contributed by atoms with Crippen LogP contribution in [0.4, 0.5) is 0 Å². The normalized spacial score (nSPS) is 11.8. The maximum absolute atomic E-state index is 12.7. The number of carbonyl (C=O) groups excluding carboxylic acids is 2. The second-order valence-corrected chi connectivity index (χ2v) is 5.98. The van der Waals surface area contributed by atoms with E-state index >= 15 is 0 Å². The van der Waals surface area contributed by atoms with Crippen LogP contribution in [-0.2, 0) is 11.2 Å². The minimum atomic E-state index is -0.702. The summed E-state index contributed by atoms with van der Waals surface area (Å²) in [5.74, 6) is -0.807. The van der Waals surface area contributed by atoms with Crippen molar-refractivity contribution in [1.29, 1.82) is 0 Å². The third kappa shape index (κ3) is 4.04. The van der Waals surface area contributed by atoms with E-state index in [0.717, 1.165) is 16.3 Å². The molecular formula is C21H20N2O2. The average Bonchev–Trinajstić information content (AvgIpc) is 2.65. The van der Waals surface area contributed by atoms with Crippen LogP contribution in [0.15, 0.2) is 72.8 Å². The second kappa shape index (κ2) is 7.62. The fourth-order valence-corrected chi connectivity index (χ4v) is 2.90. The van der Waals surface area contributed by atoms with Crippen molar-refractivity contribution in [2.24, 2.45) is 5.73 Å². The zero-order valence-corrected chi connectivity index (χ0v) is 13.8. The molecule has 3 aromatic carbocycles. The summed E-state index contributed by atoms with van der Waals surface area (Å²) >= 11 is 0. The molecular weight excluding hydrogens is 312 g/mol. The van der Waals surface area contributed by atoms with Gasteiger partial charge in [0, 0.05) is 5.56 Å². The first-order valence-corrected chi connectivity index (χ1v) is 8.27. The molecule has 0 aromatic heterocycles. The van der Waals surface area contributed by atoms with Crippen LogP contribution in [0.5, 0.6) is 0 Å². The summed E-state index contributed by atoms with van der Waals surface area (Å²) in [5, 5.41) is 4.62. The quantitative estimate of drug-likeness (QED) is 0.728. The van der Waals surface area contributed by atoms with Gasteiger partial charge in [0.05, 0.1) is 0 Å². The first-order valence-electron chi connectivity index (χ1n) is 8.27. The second-order valence-electron chi connectivity index (χ2n) is 5.98. The van der Waals surface area contributed by atoms with Crippen LogP contribution in [0.2, 0.25) is 0 Å². The molecule has 0 heterocycles. The van der Waals surface area contributed by atoms with Crippen molar-refractivity contribution in [2.75, 3.05) is 0 Å². The Kier molecular flexibility index (Phi) is 5.09. The van der Waals surface area contributed by atoms with Crippen molar-refractivity contribution in [1.82, 2.24) is 5.32 Å². The number of fused-ring (bicyclic) bond motifs is 1.